The van der Waals surface area contributed by atoms with Gasteiger partial charge in [-0.2, -0.15) is 0 Å². The van der Waals surface area contributed by atoms with Gasteiger partial charge in [0.2, 0.25) is 0 Å². The van der Waals surface area contributed by atoms with Crippen molar-refractivity contribution in [3.63, 3.8) is 0 Å². The highest BCUT2D eigenvalue weighted by Crippen LogP contribution is 2.23. The molecule has 2 N–H and O–H groups in total. The summed E-state index contributed by atoms with van der Waals surface area (Å²) in [5, 5.41) is 12.1. The van der Waals surface area contributed by atoms with Gasteiger partial charge in [-0.1, -0.05) is 35.9 Å². The van der Waals surface area contributed by atoms with Crippen LogP contribution < -0.4 is 5.32 Å². The zero-order valence-electron chi connectivity index (χ0n) is 10.6. The fraction of sp³-hybridized carbons (Fsp3) is 0.133. The molecular formula is C15H13ClFNO2. The van der Waals surface area contributed by atoms with Gasteiger partial charge in [0.15, 0.2) is 0 Å². The van der Waals surface area contributed by atoms with Gasteiger partial charge in [-0.25, -0.2) is 4.39 Å². The average Bonchev–Trinajstić information content (AvgIpc) is 2.39. The van der Waals surface area contributed by atoms with Crippen LogP contribution in [-0.2, 0) is 17.8 Å². The summed E-state index contributed by atoms with van der Waals surface area (Å²) in [5.74, 6) is -1.23. The fourth-order valence-corrected chi connectivity index (χ4v) is 2.01. The number of carbonyl (C=O) groups is 1. The predicted octanol–water partition coefficient (Wildman–Crippen LogP) is 3.72. The number of anilines is 1. The largest absolute Gasteiger partial charge is 0.481 e. The van der Waals surface area contributed by atoms with Crippen molar-refractivity contribution in [3.8, 4) is 0 Å². The van der Waals surface area contributed by atoms with Crippen LogP contribution in [0.1, 0.15) is 11.1 Å². The SMILES string of the molecule is O=C(O)Cc1ccc(CNc2ccc(F)cc2Cl)cc1. The van der Waals surface area contributed by atoms with Gasteiger partial charge in [-0.05, 0) is 29.3 Å². The topological polar surface area (TPSA) is 49.3 Å². The Hall–Kier alpha value is -2.07. The molecule has 20 heavy (non-hydrogen) atoms. The highest BCUT2D eigenvalue weighted by molar-refractivity contribution is 6.33. The second kappa shape index (κ2) is 6.39. The highest BCUT2D eigenvalue weighted by Gasteiger charge is 2.03. The second-order valence-corrected chi connectivity index (χ2v) is 4.77. The van der Waals surface area contributed by atoms with Gasteiger partial charge in [0.25, 0.3) is 0 Å². The van der Waals surface area contributed by atoms with Crippen LogP contribution in [0.25, 0.3) is 0 Å². The van der Waals surface area contributed by atoms with Crippen molar-refractivity contribution >= 4 is 23.3 Å². The van der Waals surface area contributed by atoms with Crippen LogP contribution in [0, 0.1) is 5.82 Å². The first-order chi connectivity index (χ1) is 9.54. The molecule has 0 fully saturated rings. The first-order valence-electron chi connectivity index (χ1n) is 6.03. The van der Waals surface area contributed by atoms with Crippen LogP contribution >= 0.6 is 11.6 Å². The van der Waals surface area contributed by atoms with E-state index in [1.807, 2.05) is 12.1 Å². The zero-order valence-corrected chi connectivity index (χ0v) is 11.3. The summed E-state index contributed by atoms with van der Waals surface area (Å²) in [6.07, 6.45) is 0.0114. The second-order valence-electron chi connectivity index (χ2n) is 4.36. The minimum absolute atomic E-state index is 0.0114. The molecule has 0 heterocycles. The molecule has 0 unspecified atom stereocenters. The average molecular weight is 294 g/mol. The molecule has 5 heteroatoms. The third kappa shape index (κ3) is 3.96. The van der Waals surface area contributed by atoms with Crippen molar-refractivity contribution < 1.29 is 14.3 Å². The summed E-state index contributed by atoms with van der Waals surface area (Å²) in [7, 11) is 0. The maximum Gasteiger partial charge on any atom is 0.307 e. The van der Waals surface area contributed by atoms with Crippen molar-refractivity contribution in [2.75, 3.05) is 5.32 Å². The van der Waals surface area contributed by atoms with Crippen LogP contribution in [-0.4, -0.2) is 11.1 Å². The lowest BCUT2D eigenvalue weighted by Crippen LogP contribution is -2.02. The summed E-state index contributed by atoms with van der Waals surface area (Å²) < 4.78 is 12.9. The quantitative estimate of drug-likeness (QED) is 0.883. The Balaban J connectivity index is 1.98. The minimum Gasteiger partial charge on any atom is -0.481 e. The Bertz CT molecular complexity index is 614. The van der Waals surface area contributed by atoms with Crippen molar-refractivity contribution in [1.29, 1.82) is 0 Å². The number of aliphatic carboxylic acids is 1. The molecule has 0 saturated carbocycles. The van der Waals surface area contributed by atoms with Crippen molar-refractivity contribution in [2.24, 2.45) is 0 Å². The van der Waals surface area contributed by atoms with E-state index < -0.39 is 5.97 Å². The number of hydrogen-bond donors (Lipinski definition) is 2. The first kappa shape index (κ1) is 14.3. The summed E-state index contributed by atoms with van der Waals surface area (Å²) in [5.41, 5.74) is 2.39. The van der Waals surface area contributed by atoms with Gasteiger partial charge in [0, 0.05) is 6.54 Å². The van der Waals surface area contributed by atoms with E-state index in [1.54, 1.807) is 18.2 Å². The summed E-state index contributed by atoms with van der Waals surface area (Å²) in [6, 6.07) is 11.4. The molecule has 3 nitrogen and oxygen atoms in total. The fourth-order valence-electron chi connectivity index (χ4n) is 1.78. The van der Waals surface area contributed by atoms with E-state index in [0.717, 1.165) is 11.1 Å². The van der Waals surface area contributed by atoms with Gasteiger partial charge in [0.1, 0.15) is 5.82 Å². The third-order valence-electron chi connectivity index (χ3n) is 2.79. The molecule has 104 valence electrons. The lowest BCUT2D eigenvalue weighted by atomic mass is 10.1. The van der Waals surface area contributed by atoms with Crippen molar-refractivity contribution in [1.82, 2.24) is 0 Å². The molecule has 0 saturated heterocycles. The molecule has 0 atom stereocenters. The van der Waals surface area contributed by atoms with E-state index >= 15 is 0 Å². The van der Waals surface area contributed by atoms with Crippen LogP contribution in [0.2, 0.25) is 5.02 Å². The molecule has 0 aliphatic rings. The standard InChI is InChI=1S/C15H13ClFNO2/c16-13-8-12(17)5-6-14(13)18-9-11-3-1-10(2-4-11)7-15(19)20/h1-6,8,18H,7,9H2,(H,19,20). The number of benzene rings is 2. The molecular weight excluding hydrogens is 281 g/mol. The van der Waals surface area contributed by atoms with E-state index in [0.29, 0.717) is 17.3 Å². The Morgan fingerprint density at radius 2 is 1.80 bits per heavy atom. The number of rotatable bonds is 5. The van der Waals surface area contributed by atoms with Crippen LogP contribution in [0.4, 0.5) is 10.1 Å². The van der Waals surface area contributed by atoms with Crippen LogP contribution in [0.5, 0.6) is 0 Å². The number of hydrogen-bond acceptors (Lipinski definition) is 2. The predicted molar refractivity (Wildman–Crippen MR) is 76.5 cm³/mol. The van der Waals surface area contributed by atoms with E-state index in [-0.39, 0.29) is 12.2 Å². The molecule has 2 aromatic rings. The molecule has 0 amide bonds. The molecule has 0 spiro atoms. The highest BCUT2D eigenvalue weighted by atomic mass is 35.5. The number of carboxylic acids is 1. The maximum atomic E-state index is 12.9. The summed E-state index contributed by atoms with van der Waals surface area (Å²) in [6.45, 7) is 0.526. The molecule has 0 aliphatic carbocycles. The monoisotopic (exact) mass is 293 g/mol. The van der Waals surface area contributed by atoms with E-state index in [4.69, 9.17) is 16.7 Å². The van der Waals surface area contributed by atoms with Gasteiger partial charge in [-0.15, -0.1) is 0 Å². The van der Waals surface area contributed by atoms with Gasteiger partial charge >= 0.3 is 5.97 Å². The third-order valence-corrected chi connectivity index (χ3v) is 3.11. The van der Waals surface area contributed by atoms with E-state index in [2.05, 4.69) is 5.32 Å². The first-order valence-corrected chi connectivity index (χ1v) is 6.41. The molecule has 0 radical (unpaired) electrons. The normalized spacial score (nSPS) is 10.3. The van der Waals surface area contributed by atoms with Crippen LogP contribution in [0.15, 0.2) is 42.5 Å². The Morgan fingerprint density at radius 1 is 1.15 bits per heavy atom. The molecule has 2 aromatic carbocycles. The Labute approximate surface area is 121 Å². The molecule has 0 aliphatic heterocycles. The Morgan fingerprint density at radius 3 is 2.40 bits per heavy atom. The van der Waals surface area contributed by atoms with Crippen LogP contribution in [0.3, 0.4) is 0 Å². The summed E-state index contributed by atoms with van der Waals surface area (Å²) in [4.78, 5) is 10.6. The number of halogens is 2. The van der Waals surface area contributed by atoms with Gasteiger partial charge in [-0.3, -0.25) is 4.79 Å². The molecule has 0 bridgehead atoms. The van der Waals surface area contributed by atoms with Crippen molar-refractivity contribution in [3.05, 3.63) is 64.4 Å². The van der Waals surface area contributed by atoms with Gasteiger partial charge in [0.05, 0.1) is 17.1 Å². The zero-order chi connectivity index (χ0) is 14.5. The lowest BCUT2D eigenvalue weighted by molar-refractivity contribution is -0.136. The lowest BCUT2D eigenvalue weighted by Gasteiger charge is -2.09. The number of carboxylic acid groups (broad SMARTS) is 1. The minimum atomic E-state index is -0.853. The maximum absolute atomic E-state index is 12.9. The van der Waals surface area contributed by atoms with E-state index in [1.165, 1.54) is 12.1 Å². The van der Waals surface area contributed by atoms with Crippen molar-refractivity contribution in [2.45, 2.75) is 13.0 Å². The van der Waals surface area contributed by atoms with E-state index in [9.17, 15) is 9.18 Å². The molecule has 2 rings (SSSR count). The smallest absolute Gasteiger partial charge is 0.307 e. The molecule has 0 aromatic heterocycles. The van der Waals surface area contributed by atoms with Gasteiger partial charge < -0.3 is 10.4 Å². The number of nitrogens with one attached hydrogen (secondary N) is 1. The Kier molecular flexibility index (Phi) is 4.58. The summed E-state index contributed by atoms with van der Waals surface area (Å²) >= 11 is 5.91.